The molecule has 2 aromatic heterocycles. The highest BCUT2D eigenvalue weighted by molar-refractivity contribution is 7.71. The van der Waals surface area contributed by atoms with Gasteiger partial charge in [0.25, 0.3) is 11.4 Å². The van der Waals surface area contributed by atoms with E-state index in [0.717, 1.165) is 0 Å². The maximum Gasteiger partial charge on any atom is 0.285 e. The number of nitro groups is 2. The quantitative estimate of drug-likeness (QED) is 0.499. The van der Waals surface area contributed by atoms with Gasteiger partial charge in [0.05, 0.1) is 22.2 Å². The standard InChI is InChI=1S/2C5H4N2O2S/c2*8-7(9)4-1-2-5(10)6-3-4/h2*1-3H,(H,6,10). The average Bonchev–Trinajstić information content (AvgIpc) is 2.40. The summed E-state index contributed by atoms with van der Waals surface area (Å²) in [6.45, 7) is 0. The van der Waals surface area contributed by atoms with Crippen LogP contribution in [0.4, 0.5) is 11.4 Å². The molecular formula is C10H8N4O4S2. The highest BCUT2D eigenvalue weighted by atomic mass is 32.1. The Morgan fingerprint density at radius 3 is 1.35 bits per heavy atom. The molecule has 104 valence electrons. The minimum atomic E-state index is -0.481. The summed E-state index contributed by atoms with van der Waals surface area (Å²) in [6.07, 6.45) is 2.53. The number of pyridine rings is 2. The predicted octanol–water partition coefficient (Wildman–Crippen LogP) is 3.30. The maximum absolute atomic E-state index is 10.1. The molecule has 2 heterocycles. The molecule has 0 aromatic carbocycles. The second-order valence-electron chi connectivity index (χ2n) is 3.34. The summed E-state index contributed by atoms with van der Waals surface area (Å²) in [5.41, 5.74) is 0.0437. The number of aromatic nitrogens is 2. The molecular weight excluding hydrogens is 304 g/mol. The van der Waals surface area contributed by atoms with Gasteiger partial charge in [-0.25, -0.2) is 0 Å². The molecule has 2 N–H and O–H groups in total. The molecule has 0 aliphatic heterocycles. The van der Waals surface area contributed by atoms with Crippen molar-refractivity contribution in [1.82, 2.24) is 9.97 Å². The predicted molar refractivity (Wildman–Crippen MR) is 76.6 cm³/mol. The maximum atomic E-state index is 10.1. The first-order valence-corrected chi connectivity index (χ1v) is 5.88. The Hall–Kier alpha value is -2.46. The van der Waals surface area contributed by atoms with Crippen molar-refractivity contribution in [2.24, 2.45) is 0 Å². The Labute approximate surface area is 122 Å². The minimum absolute atomic E-state index is 0.0219. The molecule has 10 heteroatoms. The van der Waals surface area contributed by atoms with Gasteiger partial charge in [-0.1, -0.05) is 24.4 Å². The monoisotopic (exact) mass is 312 g/mol. The fraction of sp³-hybridized carbons (Fsp3) is 0. The van der Waals surface area contributed by atoms with Crippen molar-refractivity contribution in [3.63, 3.8) is 0 Å². The van der Waals surface area contributed by atoms with Crippen LogP contribution in [0.3, 0.4) is 0 Å². The first-order chi connectivity index (χ1) is 9.40. The van der Waals surface area contributed by atoms with Crippen molar-refractivity contribution in [3.8, 4) is 0 Å². The molecule has 0 amide bonds. The van der Waals surface area contributed by atoms with Crippen LogP contribution < -0.4 is 0 Å². The van der Waals surface area contributed by atoms with Crippen LogP contribution in [0, 0.1) is 29.5 Å². The Bertz CT molecular complexity index is 636. The van der Waals surface area contributed by atoms with Crippen molar-refractivity contribution in [3.05, 3.63) is 66.2 Å². The van der Waals surface area contributed by atoms with Crippen LogP contribution in [0.25, 0.3) is 0 Å². The average molecular weight is 312 g/mol. The van der Waals surface area contributed by atoms with Crippen molar-refractivity contribution >= 4 is 35.8 Å². The summed E-state index contributed by atoms with van der Waals surface area (Å²) in [4.78, 5) is 24.3. The zero-order chi connectivity index (χ0) is 15.1. The van der Waals surface area contributed by atoms with E-state index in [1.807, 2.05) is 0 Å². The SMILES string of the molecule is O=[N+]([O-])c1ccc(=S)[nH]c1.O=[N+]([O-])c1ccc(=S)[nH]c1. The highest BCUT2D eigenvalue weighted by Crippen LogP contribution is 2.06. The molecule has 0 radical (unpaired) electrons. The lowest BCUT2D eigenvalue weighted by atomic mass is 10.4. The number of nitrogens with zero attached hydrogens (tertiary/aromatic N) is 2. The van der Waals surface area contributed by atoms with Crippen LogP contribution in [-0.2, 0) is 0 Å². The molecule has 2 aromatic rings. The fourth-order valence-corrected chi connectivity index (χ4v) is 1.29. The smallest absolute Gasteiger partial charge is 0.285 e. The molecule has 0 saturated carbocycles. The molecule has 0 saturated heterocycles. The Kier molecular flexibility index (Phi) is 5.62. The van der Waals surface area contributed by atoms with Gasteiger partial charge in [0, 0.05) is 12.1 Å². The molecule has 2 rings (SSSR count). The second kappa shape index (κ2) is 7.21. The fourth-order valence-electron chi connectivity index (χ4n) is 1.03. The van der Waals surface area contributed by atoms with E-state index in [4.69, 9.17) is 0 Å². The Morgan fingerprint density at radius 1 is 0.800 bits per heavy atom. The van der Waals surface area contributed by atoms with E-state index in [0.29, 0.717) is 9.28 Å². The summed E-state index contributed by atoms with van der Waals surface area (Å²) in [6, 6.07) is 5.68. The van der Waals surface area contributed by atoms with Gasteiger partial charge in [-0.2, -0.15) is 0 Å². The van der Waals surface area contributed by atoms with Crippen LogP contribution >= 0.6 is 24.4 Å². The van der Waals surface area contributed by atoms with E-state index in [1.54, 1.807) is 0 Å². The third-order valence-corrected chi connectivity index (χ3v) is 2.47. The van der Waals surface area contributed by atoms with E-state index < -0.39 is 9.85 Å². The number of aromatic amines is 2. The highest BCUT2D eigenvalue weighted by Gasteiger charge is 2.01. The van der Waals surface area contributed by atoms with Gasteiger partial charge in [0.2, 0.25) is 0 Å². The van der Waals surface area contributed by atoms with Crippen molar-refractivity contribution in [2.75, 3.05) is 0 Å². The normalized spacial score (nSPS) is 9.20. The zero-order valence-corrected chi connectivity index (χ0v) is 11.4. The lowest BCUT2D eigenvalue weighted by molar-refractivity contribution is -0.385. The van der Waals surface area contributed by atoms with Gasteiger partial charge < -0.3 is 9.97 Å². The topological polar surface area (TPSA) is 118 Å². The lowest BCUT2D eigenvalue weighted by Crippen LogP contribution is -1.87. The largest absolute Gasteiger partial charge is 0.347 e. The number of hydrogen-bond acceptors (Lipinski definition) is 6. The molecule has 20 heavy (non-hydrogen) atoms. The molecule has 0 bridgehead atoms. The molecule has 0 fully saturated rings. The van der Waals surface area contributed by atoms with Gasteiger partial charge in [0.15, 0.2) is 0 Å². The van der Waals surface area contributed by atoms with Gasteiger partial charge >= 0.3 is 0 Å². The number of hydrogen-bond donors (Lipinski definition) is 2. The third-order valence-electron chi connectivity index (χ3n) is 1.96. The number of H-pyrrole nitrogens is 2. The van der Waals surface area contributed by atoms with E-state index in [1.165, 1.54) is 36.7 Å². The summed E-state index contributed by atoms with van der Waals surface area (Å²) in [5, 5.41) is 20.1. The minimum Gasteiger partial charge on any atom is -0.347 e. The van der Waals surface area contributed by atoms with E-state index >= 15 is 0 Å². The summed E-state index contributed by atoms with van der Waals surface area (Å²) in [7, 11) is 0. The first kappa shape index (κ1) is 15.6. The molecule has 0 atom stereocenters. The van der Waals surface area contributed by atoms with Crippen molar-refractivity contribution in [1.29, 1.82) is 0 Å². The van der Waals surface area contributed by atoms with E-state index in [2.05, 4.69) is 34.4 Å². The van der Waals surface area contributed by atoms with E-state index in [9.17, 15) is 20.2 Å². The molecule has 0 aliphatic carbocycles. The number of nitrogens with one attached hydrogen (secondary N) is 2. The third kappa shape index (κ3) is 5.04. The summed E-state index contributed by atoms with van der Waals surface area (Å²) < 4.78 is 0.983. The van der Waals surface area contributed by atoms with Crippen molar-refractivity contribution in [2.45, 2.75) is 0 Å². The summed E-state index contributed by atoms with van der Waals surface area (Å²) >= 11 is 9.36. The first-order valence-electron chi connectivity index (χ1n) is 5.06. The van der Waals surface area contributed by atoms with Crippen LogP contribution in [0.15, 0.2) is 36.7 Å². The van der Waals surface area contributed by atoms with Crippen LogP contribution in [0.2, 0.25) is 0 Å². The number of rotatable bonds is 2. The zero-order valence-electron chi connectivity index (χ0n) is 9.81. The van der Waals surface area contributed by atoms with Crippen LogP contribution in [0.5, 0.6) is 0 Å². The molecule has 0 aliphatic rings. The van der Waals surface area contributed by atoms with Gasteiger partial charge in [0.1, 0.15) is 9.28 Å². The van der Waals surface area contributed by atoms with Gasteiger partial charge in [-0.3, -0.25) is 20.2 Å². The van der Waals surface area contributed by atoms with Crippen LogP contribution in [-0.4, -0.2) is 19.8 Å². The van der Waals surface area contributed by atoms with Crippen LogP contribution in [0.1, 0.15) is 0 Å². The summed E-state index contributed by atoms with van der Waals surface area (Å²) in [5.74, 6) is 0. The molecule has 8 nitrogen and oxygen atoms in total. The molecule has 0 spiro atoms. The van der Waals surface area contributed by atoms with Gasteiger partial charge in [-0.15, -0.1) is 0 Å². The second-order valence-corrected chi connectivity index (χ2v) is 4.22. The lowest BCUT2D eigenvalue weighted by Gasteiger charge is -1.87. The van der Waals surface area contributed by atoms with E-state index in [-0.39, 0.29) is 11.4 Å². The van der Waals surface area contributed by atoms with Gasteiger partial charge in [-0.05, 0) is 12.1 Å². The van der Waals surface area contributed by atoms with Crippen molar-refractivity contribution < 1.29 is 9.85 Å². The molecule has 0 unspecified atom stereocenters. The Balaban J connectivity index is 0.000000200. The Morgan fingerprint density at radius 2 is 1.15 bits per heavy atom.